The first-order valence-corrected chi connectivity index (χ1v) is 7.22. The van der Waals surface area contributed by atoms with Crippen molar-refractivity contribution in [1.82, 2.24) is 4.90 Å². The molecule has 0 spiro atoms. The summed E-state index contributed by atoms with van der Waals surface area (Å²) in [6.45, 7) is 2.81. The van der Waals surface area contributed by atoms with Crippen LogP contribution in [0.3, 0.4) is 0 Å². The summed E-state index contributed by atoms with van der Waals surface area (Å²) in [5.41, 5.74) is 8.11. The van der Waals surface area contributed by atoms with E-state index >= 15 is 0 Å². The molecule has 0 aromatic heterocycles. The zero-order valence-electron chi connectivity index (χ0n) is 12.1. The molecule has 20 heavy (non-hydrogen) atoms. The van der Waals surface area contributed by atoms with Crippen molar-refractivity contribution in [2.45, 2.75) is 31.8 Å². The van der Waals surface area contributed by atoms with Gasteiger partial charge in [0.15, 0.2) is 0 Å². The average molecular weight is 274 g/mol. The van der Waals surface area contributed by atoms with Gasteiger partial charge in [0.2, 0.25) is 5.91 Å². The monoisotopic (exact) mass is 274 g/mol. The van der Waals surface area contributed by atoms with Gasteiger partial charge in [-0.05, 0) is 30.9 Å². The Bertz CT molecular complexity index is 531. The number of carbonyl (C=O) groups is 1. The van der Waals surface area contributed by atoms with Crippen molar-refractivity contribution in [3.8, 4) is 0 Å². The standard InChI is InChI=1S/C16H22N2O2/c1-16(10-20-9-14(16)17)15(19)18(2)13-8-7-11-5-3-4-6-12(11)13/h3-6,13-14H,7-10,17H2,1-2H3. The summed E-state index contributed by atoms with van der Waals surface area (Å²) in [5, 5.41) is 0. The number of hydrogen-bond acceptors (Lipinski definition) is 3. The van der Waals surface area contributed by atoms with Crippen molar-refractivity contribution in [1.29, 1.82) is 0 Å². The number of ether oxygens (including phenoxy) is 1. The molecular weight excluding hydrogens is 252 g/mol. The number of carbonyl (C=O) groups excluding carboxylic acids is 1. The van der Waals surface area contributed by atoms with Gasteiger partial charge in [0.25, 0.3) is 0 Å². The van der Waals surface area contributed by atoms with E-state index in [-0.39, 0.29) is 18.0 Å². The molecule has 4 heteroatoms. The number of amides is 1. The Morgan fingerprint density at radius 1 is 1.45 bits per heavy atom. The zero-order chi connectivity index (χ0) is 14.3. The third-order valence-electron chi connectivity index (χ3n) is 4.90. The molecule has 2 N–H and O–H groups in total. The van der Waals surface area contributed by atoms with Crippen LogP contribution in [0.2, 0.25) is 0 Å². The summed E-state index contributed by atoms with van der Waals surface area (Å²) in [6.07, 6.45) is 2.03. The van der Waals surface area contributed by atoms with Gasteiger partial charge in [0, 0.05) is 13.1 Å². The fraction of sp³-hybridized carbons (Fsp3) is 0.562. The second kappa shape index (κ2) is 4.86. The highest BCUT2D eigenvalue weighted by molar-refractivity contribution is 5.84. The molecule has 108 valence electrons. The van der Waals surface area contributed by atoms with Gasteiger partial charge in [-0.1, -0.05) is 24.3 Å². The van der Waals surface area contributed by atoms with E-state index in [1.54, 1.807) is 0 Å². The Labute approximate surface area is 119 Å². The number of benzene rings is 1. The molecule has 1 heterocycles. The minimum absolute atomic E-state index is 0.101. The molecule has 1 fully saturated rings. The summed E-state index contributed by atoms with van der Waals surface area (Å²) < 4.78 is 5.40. The fourth-order valence-electron chi connectivity index (χ4n) is 3.39. The molecule has 1 aromatic carbocycles. The van der Waals surface area contributed by atoms with Crippen LogP contribution in [-0.2, 0) is 16.0 Å². The molecule has 1 aliphatic heterocycles. The molecule has 3 atom stereocenters. The third kappa shape index (κ3) is 1.95. The van der Waals surface area contributed by atoms with Crippen LogP contribution < -0.4 is 5.73 Å². The van der Waals surface area contributed by atoms with Crippen LogP contribution >= 0.6 is 0 Å². The first-order valence-electron chi connectivity index (χ1n) is 7.22. The van der Waals surface area contributed by atoms with Crippen LogP contribution in [0, 0.1) is 5.41 Å². The number of fused-ring (bicyclic) bond motifs is 1. The minimum atomic E-state index is -0.591. The molecular formula is C16H22N2O2. The van der Waals surface area contributed by atoms with Crippen molar-refractivity contribution < 1.29 is 9.53 Å². The quantitative estimate of drug-likeness (QED) is 0.889. The van der Waals surface area contributed by atoms with Gasteiger partial charge >= 0.3 is 0 Å². The molecule has 1 saturated heterocycles. The first-order chi connectivity index (χ1) is 9.54. The number of nitrogens with zero attached hydrogens (tertiary/aromatic N) is 1. The third-order valence-corrected chi connectivity index (χ3v) is 4.90. The largest absolute Gasteiger partial charge is 0.379 e. The maximum Gasteiger partial charge on any atom is 0.232 e. The highest BCUT2D eigenvalue weighted by Gasteiger charge is 2.47. The summed E-state index contributed by atoms with van der Waals surface area (Å²) in [6, 6.07) is 8.34. The Balaban J connectivity index is 1.84. The summed E-state index contributed by atoms with van der Waals surface area (Å²) >= 11 is 0. The molecule has 0 bridgehead atoms. The molecule has 4 nitrogen and oxygen atoms in total. The maximum atomic E-state index is 12.8. The molecule has 1 aromatic rings. The lowest BCUT2D eigenvalue weighted by Gasteiger charge is -2.34. The van der Waals surface area contributed by atoms with E-state index in [0.29, 0.717) is 13.2 Å². The molecule has 2 aliphatic rings. The van der Waals surface area contributed by atoms with Crippen molar-refractivity contribution in [3.63, 3.8) is 0 Å². The Hall–Kier alpha value is -1.39. The molecule has 3 rings (SSSR count). The Morgan fingerprint density at radius 3 is 2.90 bits per heavy atom. The predicted molar refractivity (Wildman–Crippen MR) is 77.2 cm³/mol. The molecule has 1 amide bonds. The lowest BCUT2D eigenvalue weighted by molar-refractivity contribution is -0.142. The fourth-order valence-corrected chi connectivity index (χ4v) is 3.39. The van der Waals surface area contributed by atoms with Gasteiger partial charge in [-0.15, -0.1) is 0 Å². The van der Waals surface area contributed by atoms with Crippen LogP contribution in [0.15, 0.2) is 24.3 Å². The number of aryl methyl sites for hydroxylation is 1. The molecule has 0 saturated carbocycles. The van der Waals surface area contributed by atoms with E-state index in [1.807, 2.05) is 24.9 Å². The van der Waals surface area contributed by atoms with Gasteiger partial charge in [0.1, 0.15) is 0 Å². The van der Waals surface area contributed by atoms with Crippen molar-refractivity contribution >= 4 is 5.91 Å². The zero-order valence-corrected chi connectivity index (χ0v) is 12.1. The average Bonchev–Trinajstić information content (AvgIpc) is 3.02. The van der Waals surface area contributed by atoms with Crippen molar-refractivity contribution in [2.24, 2.45) is 11.1 Å². The van der Waals surface area contributed by atoms with Crippen LogP contribution in [0.1, 0.15) is 30.5 Å². The minimum Gasteiger partial charge on any atom is -0.379 e. The topological polar surface area (TPSA) is 55.6 Å². The van der Waals surface area contributed by atoms with E-state index < -0.39 is 5.41 Å². The highest BCUT2D eigenvalue weighted by atomic mass is 16.5. The van der Waals surface area contributed by atoms with E-state index in [0.717, 1.165) is 12.8 Å². The van der Waals surface area contributed by atoms with E-state index in [9.17, 15) is 4.79 Å². The van der Waals surface area contributed by atoms with E-state index in [2.05, 4.69) is 18.2 Å². The molecule has 1 aliphatic carbocycles. The Kier molecular flexibility index (Phi) is 3.30. The van der Waals surface area contributed by atoms with Crippen molar-refractivity contribution in [2.75, 3.05) is 20.3 Å². The van der Waals surface area contributed by atoms with Crippen LogP contribution in [0.5, 0.6) is 0 Å². The van der Waals surface area contributed by atoms with Gasteiger partial charge in [0.05, 0.1) is 24.7 Å². The van der Waals surface area contributed by atoms with Crippen LogP contribution in [-0.4, -0.2) is 37.1 Å². The molecule has 0 radical (unpaired) electrons. The maximum absolute atomic E-state index is 12.8. The van der Waals surface area contributed by atoms with Crippen molar-refractivity contribution in [3.05, 3.63) is 35.4 Å². The van der Waals surface area contributed by atoms with Gasteiger partial charge in [-0.25, -0.2) is 0 Å². The first kappa shape index (κ1) is 13.6. The number of hydrogen-bond donors (Lipinski definition) is 1. The SMILES string of the molecule is CN(C(=O)C1(C)COCC1N)C1CCc2ccccc21. The second-order valence-corrected chi connectivity index (χ2v) is 6.21. The number of nitrogens with two attached hydrogens (primary N) is 1. The lowest BCUT2D eigenvalue weighted by Crippen LogP contribution is -2.51. The summed E-state index contributed by atoms with van der Waals surface area (Å²) in [7, 11) is 1.89. The number of rotatable bonds is 2. The summed E-state index contributed by atoms with van der Waals surface area (Å²) in [4.78, 5) is 14.7. The normalized spacial score (nSPS) is 32.1. The van der Waals surface area contributed by atoms with Crippen LogP contribution in [0.4, 0.5) is 0 Å². The highest BCUT2D eigenvalue weighted by Crippen LogP contribution is 2.38. The predicted octanol–water partition coefficient (Wildman–Crippen LogP) is 1.50. The molecule has 3 unspecified atom stereocenters. The van der Waals surface area contributed by atoms with Crippen LogP contribution in [0.25, 0.3) is 0 Å². The summed E-state index contributed by atoms with van der Waals surface area (Å²) in [5.74, 6) is 0.101. The van der Waals surface area contributed by atoms with E-state index in [1.165, 1.54) is 11.1 Å². The lowest BCUT2D eigenvalue weighted by atomic mass is 9.83. The van der Waals surface area contributed by atoms with E-state index in [4.69, 9.17) is 10.5 Å². The van der Waals surface area contributed by atoms with Gasteiger partial charge in [-0.2, -0.15) is 0 Å². The van der Waals surface area contributed by atoms with Gasteiger partial charge in [-0.3, -0.25) is 4.79 Å². The van der Waals surface area contributed by atoms with Gasteiger partial charge < -0.3 is 15.4 Å². The smallest absolute Gasteiger partial charge is 0.232 e. The Morgan fingerprint density at radius 2 is 2.20 bits per heavy atom. The second-order valence-electron chi connectivity index (χ2n) is 6.21.